The molecule has 0 N–H and O–H groups in total. The van der Waals surface area contributed by atoms with Gasteiger partial charge < -0.3 is 0 Å². The second-order valence-electron chi connectivity index (χ2n) is 6.39. The molecule has 3 rings (SSSR count). The van der Waals surface area contributed by atoms with Gasteiger partial charge in [0.25, 0.3) is 0 Å². The van der Waals surface area contributed by atoms with E-state index in [0.29, 0.717) is 5.41 Å². The van der Waals surface area contributed by atoms with Gasteiger partial charge in [0.1, 0.15) is 0 Å². The molecule has 0 spiro atoms. The van der Waals surface area contributed by atoms with Crippen LogP contribution >= 0.6 is 0 Å². The van der Waals surface area contributed by atoms with Gasteiger partial charge in [-0.2, -0.15) is 0 Å². The average Bonchev–Trinajstić information content (AvgIpc) is 2.75. The van der Waals surface area contributed by atoms with E-state index in [1.807, 2.05) is 0 Å². The maximum atomic E-state index is 2.42. The van der Waals surface area contributed by atoms with Gasteiger partial charge in [-0.1, -0.05) is 72.8 Å². The Morgan fingerprint density at radius 3 is 1.86 bits per heavy atom. The van der Waals surface area contributed by atoms with Crippen molar-refractivity contribution >= 4 is 0 Å². The lowest BCUT2D eigenvalue weighted by Gasteiger charge is -2.33. The maximum absolute atomic E-state index is 2.42. The monoisotopic (exact) mass is 276 g/mol. The van der Waals surface area contributed by atoms with E-state index >= 15 is 0 Å². The van der Waals surface area contributed by atoms with Crippen molar-refractivity contribution in [3.05, 3.63) is 83.9 Å². The molecule has 108 valence electrons. The molecule has 1 aliphatic carbocycles. The normalized spacial score (nSPS) is 17.3. The van der Waals surface area contributed by atoms with Crippen molar-refractivity contribution in [2.75, 3.05) is 0 Å². The van der Waals surface area contributed by atoms with E-state index in [0.717, 1.165) is 0 Å². The highest BCUT2D eigenvalue weighted by Crippen LogP contribution is 2.39. The van der Waals surface area contributed by atoms with Crippen molar-refractivity contribution in [2.24, 2.45) is 5.41 Å². The van der Waals surface area contributed by atoms with E-state index in [1.165, 1.54) is 49.7 Å². The van der Waals surface area contributed by atoms with E-state index in [-0.39, 0.29) is 0 Å². The van der Waals surface area contributed by atoms with Crippen molar-refractivity contribution in [3.8, 4) is 0 Å². The van der Waals surface area contributed by atoms with Gasteiger partial charge in [0.05, 0.1) is 0 Å². The lowest BCUT2D eigenvalue weighted by molar-refractivity contribution is 0.258. The summed E-state index contributed by atoms with van der Waals surface area (Å²) < 4.78 is 0. The quantitative estimate of drug-likeness (QED) is 0.639. The standard InChI is InChI=1S/C21H24/c1-2-10-16-21(15-9-1,17-19-11-5-3-6-12-19)18-20-13-7-4-8-14-20/h1,3-9,11-14H,2,10,15-18H2. The Labute approximate surface area is 128 Å². The fourth-order valence-electron chi connectivity index (χ4n) is 3.59. The Bertz CT molecular complexity index is 524. The molecular weight excluding hydrogens is 252 g/mol. The predicted molar refractivity (Wildman–Crippen MR) is 90.3 cm³/mol. The van der Waals surface area contributed by atoms with Crippen LogP contribution in [0.25, 0.3) is 0 Å². The molecule has 21 heavy (non-hydrogen) atoms. The smallest absolute Gasteiger partial charge is 0.0182 e. The third kappa shape index (κ3) is 3.85. The first-order valence-corrected chi connectivity index (χ1v) is 8.09. The molecule has 0 amide bonds. The van der Waals surface area contributed by atoms with E-state index < -0.39 is 0 Å². The van der Waals surface area contributed by atoms with Crippen LogP contribution in [0.4, 0.5) is 0 Å². The number of benzene rings is 2. The molecule has 0 saturated heterocycles. The summed E-state index contributed by atoms with van der Waals surface area (Å²) in [5.41, 5.74) is 3.34. The molecule has 0 nitrogen and oxygen atoms in total. The van der Waals surface area contributed by atoms with Crippen molar-refractivity contribution in [2.45, 2.75) is 38.5 Å². The second-order valence-corrected chi connectivity index (χ2v) is 6.39. The molecule has 0 saturated carbocycles. The van der Waals surface area contributed by atoms with Crippen molar-refractivity contribution in [1.82, 2.24) is 0 Å². The first-order chi connectivity index (χ1) is 10.4. The van der Waals surface area contributed by atoms with Gasteiger partial charge in [0, 0.05) is 0 Å². The Hall–Kier alpha value is -1.82. The van der Waals surface area contributed by atoms with Gasteiger partial charge >= 0.3 is 0 Å². The topological polar surface area (TPSA) is 0 Å². The molecule has 0 bridgehead atoms. The zero-order chi connectivity index (χ0) is 14.4. The van der Waals surface area contributed by atoms with Gasteiger partial charge in [-0.05, 0) is 55.1 Å². The highest BCUT2D eigenvalue weighted by atomic mass is 14.3. The summed E-state index contributed by atoms with van der Waals surface area (Å²) in [6, 6.07) is 22.0. The second kappa shape index (κ2) is 6.76. The van der Waals surface area contributed by atoms with Crippen molar-refractivity contribution < 1.29 is 0 Å². The highest BCUT2D eigenvalue weighted by molar-refractivity contribution is 5.21. The van der Waals surface area contributed by atoms with Gasteiger partial charge in [0.2, 0.25) is 0 Å². The van der Waals surface area contributed by atoms with Crippen LogP contribution in [0.2, 0.25) is 0 Å². The van der Waals surface area contributed by atoms with Crippen LogP contribution in [0.5, 0.6) is 0 Å². The van der Waals surface area contributed by atoms with Crippen LogP contribution < -0.4 is 0 Å². The molecule has 0 unspecified atom stereocenters. The minimum Gasteiger partial charge on any atom is -0.0885 e. The largest absolute Gasteiger partial charge is 0.0885 e. The fourth-order valence-corrected chi connectivity index (χ4v) is 3.59. The molecule has 1 aliphatic rings. The zero-order valence-electron chi connectivity index (χ0n) is 12.7. The molecule has 0 radical (unpaired) electrons. The summed E-state index contributed by atoms with van der Waals surface area (Å²) in [6.07, 6.45) is 12.2. The van der Waals surface area contributed by atoms with Gasteiger partial charge in [-0.25, -0.2) is 0 Å². The Kier molecular flexibility index (Phi) is 4.55. The van der Waals surface area contributed by atoms with Gasteiger partial charge in [-0.3, -0.25) is 0 Å². The number of rotatable bonds is 4. The van der Waals surface area contributed by atoms with Crippen LogP contribution in [-0.4, -0.2) is 0 Å². The van der Waals surface area contributed by atoms with E-state index in [2.05, 4.69) is 72.8 Å². The third-order valence-electron chi connectivity index (χ3n) is 4.64. The van der Waals surface area contributed by atoms with Gasteiger partial charge in [-0.15, -0.1) is 0 Å². The third-order valence-corrected chi connectivity index (χ3v) is 4.64. The van der Waals surface area contributed by atoms with Crippen LogP contribution in [0, 0.1) is 5.41 Å². The zero-order valence-corrected chi connectivity index (χ0v) is 12.7. The van der Waals surface area contributed by atoms with E-state index in [1.54, 1.807) is 0 Å². The molecule has 0 aromatic heterocycles. The number of hydrogen-bond acceptors (Lipinski definition) is 0. The van der Waals surface area contributed by atoms with Crippen LogP contribution in [-0.2, 0) is 12.8 Å². The summed E-state index contributed by atoms with van der Waals surface area (Å²) in [4.78, 5) is 0. The van der Waals surface area contributed by atoms with Crippen molar-refractivity contribution in [1.29, 1.82) is 0 Å². The number of hydrogen-bond donors (Lipinski definition) is 0. The summed E-state index contributed by atoms with van der Waals surface area (Å²) in [5.74, 6) is 0. The summed E-state index contributed by atoms with van der Waals surface area (Å²) in [7, 11) is 0. The first-order valence-electron chi connectivity index (χ1n) is 8.09. The lowest BCUT2D eigenvalue weighted by atomic mass is 9.71. The molecule has 0 fully saturated rings. The fraction of sp³-hybridized carbons (Fsp3) is 0.333. The Morgan fingerprint density at radius 2 is 1.29 bits per heavy atom. The maximum Gasteiger partial charge on any atom is -0.0182 e. The lowest BCUT2D eigenvalue weighted by Crippen LogP contribution is -2.26. The molecule has 2 aromatic rings. The Balaban J connectivity index is 1.85. The van der Waals surface area contributed by atoms with Crippen LogP contribution in [0.15, 0.2) is 72.8 Å². The summed E-state index contributed by atoms with van der Waals surface area (Å²) >= 11 is 0. The minimum absolute atomic E-state index is 0.385. The molecule has 0 atom stereocenters. The molecule has 0 heterocycles. The SMILES string of the molecule is C1=CCC(Cc2ccccc2)(Cc2ccccc2)CCC1. The summed E-state index contributed by atoms with van der Waals surface area (Å²) in [5, 5.41) is 0. The van der Waals surface area contributed by atoms with Gasteiger partial charge in [0.15, 0.2) is 0 Å². The molecular formula is C21H24. The van der Waals surface area contributed by atoms with E-state index in [9.17, 15) is 0 Å². The summed E-state index contributed by atoms with van der Waals surface area (Å²) in [6.45, 7) is 0. The highest BCUT2D eigenvalue weighted by Gasteiger charge is 2.30. The first kappa shape index (κ1) is 14.1. The molecule has 2 aromatic carbocycles. The average molecular weight is 276 g/mol. The Morgan fingerprint density at radius 1 is 0.714 bits per heavy atom. The van der Waals surface area contributed by atoms with Crippen LogP contribution in [0.1, 0.15) is 36.8 Å². The predicted octanol–water partition coefficient (Wildman–Crippen LogP) is 5.59. The van der Waals surface area contributed by atoms with Crippen molar-refractivity contribution in [3.63, 3.8) is 0 Å². The molecule has 0 heteroatoms. The van der Waals surface area contributed by atoms with Crippen LogP contribution in [0.3, 0.4) is 0 Å². The minimum atomic E-state index is 0.385. The number of allylic oxidation sites excluding steroid dienone is 2. The van der Waals surface area contributed by atoms with E-state index in [4.69, 9.17) is 0 Å². The molecule has 0 aliphatic heterocycles.